The summed E-state index contributed by atoms with van der Waals surface area (Å²) in [7, 11) is 0. The molecule has 1 saturated heterocycles. The Kier molecular flexibility index (Phi) is 4.23. The minimum Gasteiger partial charge on any atom is -0.323 e. The van der Waals surface area contributed by atoms with Crippen LogP contribution >= 0.6 is 11.3 Å². The first-order valence-corrected chi connectivity index (χ1v) is 9.82. The van der Waals surface area contributed by atoms with Gasteiger partial charge in [-0.1, -0.05) is 19.3 Å². The lowest BCUT2D eigenvalue weighted by Gasteiger charge is -2.19. The molecular weight excluding hydrogens is 340 g/mol. The first-order valence-electron chi connectivity index (χ1n) is 9.00. The lowest BCUT2D eigenvalue weighted by molar-refractivity contribution is -0.133. The fourth-order valence-corrected chi connectivity index (χ4v) is 5.09. The predicted octanol–water partition coefficient (Wildman–Crippen LogP) is 2.22. The van der Waals surface area contributed by atoms with Gasteiger partial charge in [-0.05, 0) is 38.5 Å². The van der Waals surface area contributed by atoms with Crippen LogP contribution in [0.4, 0.5) is 9.93 Å². The molecular formula is C17H22N4O3S. The molecule has 2 aliphatic carbocycles. The first-order chi connectivity index (χ1) is 12.1. The van der Waals surface area contributed by atoms with E-state index in [2.05, 4.69) is 15.6 Å². The molecule has 2 fully saturated rings. The second kappa shape index (κ2) is 6.40. The Morgan fingerprint density at radius 1 is 1.16 bits per heavy atom. The van der Waals surface area contributed by atoms with Gasteiger partial charge >= 0.3 is 6.03 Å². The Bertz CT molecular complexity index is 700. The summed E-state index contributed by atoms with van der Waals surface area (Å²) in [4.78, 5) is 43.8. The van der Waals surface area contributed by atoms with E-state index >= 15 is 0 Å². The molecule has 1 aliphatic heterocycles. The molecule has 2 N–H and O–H groups in total. The van der Waals surface area contributed by atoms with Crippen molar-refractivity contribution in [3.05, 3.63) is 10.6 Å². The molecule has 3 aliphatic rings. The van der Waals surface area contributed by atoms with Crippen LogP contribution in [0, 0.1) is 0 Å². The van der Waals surface area contributed by atoms with Crippen LogP contribution in [0.2, 0.25) is 0 Å². The van der Waals surface area contributed by atoms with Crippen molar-refractivity contribution in [3.8, 4) is 0 Å². The number of fused-ring (bicyclic) bond motifs is 1. The molecule has 1 spiro atoms. The van der Waals surface area contributed by atoms with Crippen molar-refractivity contribution in [1.29, 1.82) is 0 Å². The Labute approximate surface area is 150 Å². The third-order valence-corrected chi connectivity index (χ3v) is 6.42. The van der Waals surface area contributed by atoms with E-state index in [1.165, 1.54) is 22.6 Å². The molecule has 0 atom stereocenters. The molecule has 4 amide bonds. The number of carbonyl (C=O) groups excluding carboxylic acids is 3. The molecule has 0 radical (unpaired) electrons. The van der Waals surface area contributed by atoms with Crippen LogP contribution in [0.3, 0.4) is 0 Å². The van der Waals surface area contributed by atoms with E-state index in [0.29, 0.717) is 18.0 Å². The van der Waals surface area contributed by atoms with E-state index < -0.39 is 11.6 Å². The van der Waals surface area contributed by atoms with Gasteiger partial charge in [0.25, 0.3) is 5.91 Å². The number of rotatable bonds is 3. The number of hydrogen-bond donors (Lipinski definition) is 2. The van der Waals surface area contributed by atoms with E-state index in [0.717, 1.165) is 49.1 Å². The van der Waals surface area contributed by atoms with Gasteiger partial charge in [0.15, 0.2) is 5.13 Å². The first kappa shape index (κ1) is 16.5. The van der Waals surface area contributed by atoms with Crippen LogP contribution in [-0.2, 0) is 22.4 Å². The molecule has 0 aromatic carbocycles. The number of nitrogens with one attached hydrogen (secondary N) is 2. The summed E-state index contributed by atoms with van der Waals surface area (Å²) < 4.78 is 0. The van der Waals surface area contributed by atoms with Crippen LogP contribution < -0.4 is 10.6 Å². The molecule has 4 rings (SSSR count). The van der Waals surface area contributed by atoms with Crippen molar-refractivity contribution >= 4 is 34.3 Å². The number of aromatic nitrogens is 1. The summed E-state index contributed by atoms with van der Waals surface area (Å²) in [6, 6.07) is -0.461. The van der Waals surface area contributed by atoms with Gasteiger partial charge < -0.3 is 10.6 Å². The highest BCUT2D eigenvalue weighted by Crippen LogP contribution is 2.35. The van der Waals surface area contributed by atoms with Crippen molar-refractivity contribution in [2.24, 2.45) is 0 Å². The van der Waals surface area contributed by atoms with Crippen LogP contribution in [0.15, 0.2) is 0 Å². The summed E-state index contributed by atoms with van der Waals surface area (Å²) >= 11 is 1.51. The maximum absolute atomic E-state index is 12.6. The molecule has 0 unspecified atom stereocenters. The van der Waals surface area contributed by atoms with Gasteiger partial charge in [-0.2, -0.15) is 0 Å². The molecule has 1 saturated carbocycles. The van der Waals surface area contributed by atoms with E-state index in [1.807, 2.05) is 0 Å². The van der Waals surface area contributed by atoms with Gasteiger partial charge in [0.2, 0.25) is 5.91 Å². The number of amides is 4. The average Bonchev–Trinajstić information content (AvgIpc) is 3.20. The van der Waals surface area contributed by atoms with Crippen LogP contribution in [0.25, 0.3) is 0 Å². The Balaban J connectivity index is 1.41. The summed E-state index contributed by atoms with van der Waals surface area (Å²) in [6.07, 6.45) is 8.66. The van der Waals surface area contributed by atoms with Crippen molar-refractivity contribution in [1.82, 2.24) is 15.2 Å². The van der Waals surface area contributed by atoms with E-state index in [4.69, 9.17) is 0 Å². The largest absolute Gasteiger partial charge is 0.325 e. The number of carbonyl (C=O) groups is 3. The molecule has 0 bridgehead atoms. The maximum Gasteiger partial charge on any atom is 0.325 e. The number of nitrogens with zero attached hydrogens (tertiary/aromatic N) is 2. The van der Waals surface area contributed by atoms with Gasteiger partial charge in [-0.25, -0.2) is 9.78 Å². The lowest BCUT2D eigenvalue weighted by atomic mass is 9.98. The number of urea groups is 1. The molecule has 7 nitrogen and oxygen atoms in total. The maximum atomic E-state index is 12.6. The van der Waals surface area contributed by atoms with Gasteiger partial charge in [0, 0.05) is 4.88 Å². The zero-order valence-corrected chi connectivity index (χ0v) is 14.9. The number of anilines is 1. The van der Waals surface area contributed by atoms with E-state index in [9.17, 15) is 14.4 Å². The summed E-state index contributed by atoms with van der Waals surface area (Å²) in [5, 5.41) is 6.12. The average molecular weight is 362 g/mol. The third kappa shape index (κ3) is 3.03. The quantitative estimate of drug-likeness (QED) is 0.637. The Morgan fingerprint density at radius 3 is 2.72 bits per heavy atom. The van der Waals surface area contributed by atoms with E-state index in [1.54, 1.807) is 0 Å². The molecule has 1 aromatic heterocycles. The summed E-state index contributed by atoms with van der Waals surface area (Å²) in [5.74, 6) is -0.637. The highest BCUT2D eigenvalue weighted by atomic mass is 32.1. The minimum absolute atomic E-state index is 0.253. The third-order valence-electron chi connectivity index (χ3n) is 5.35. The van der Waals surface area contributed by atoms with Gasteiger partial charge in [-0.3, -0.25) is 14.5 Å². The zero-order chi connectivity index (χ0) is 17.4. The summed E-state index contributed by atoms with van der Waals surface area (Å²) in [6.45, 7) is -0.253. The van der Waals surface area contributed by atoms with Crippen LogP contribution in [0.5, 0.6) is 0 Å². The summed E-state index contributed by atoms with van der Waals surface area (Å²) in [5.41, 5.74) is 0.313. The predicted molar refractivity (Wildman–Crippen MR) is 93.4 cm³/mol. The van der Waals surface area contributed by atoms with Gasteiger partial charge in [0.05, 0.1) is 5.69 Å². The number of thiazole rings is 1. The van der Waals surface area contributed by atoms with Crippen molar-refractivity contribution in [2.75, 3.05) is 11.9 Å². The minimum atomic E-state index is -0.768. The topological polar surface area (TPSA) is 91.4 Å². The molecule has 134 valence electrons. The number of hydrogen-bond acceptors (Lipinski definition) is 5. The van der Waals surface area contributed by atoms with Gasteiger partial charge in [0.1, 0.15) is 12.1 Å². The van der Waals surface area contributed by atoms with Crippen molar-refractivity contribution in [2.45, 2.75) is 63.3 Å². The standard InChI is InChI=1S/C17H22N4O3S/c22-13(19-15-18-11-6-2-1-3-7-12(11)25-15)10-21-14(23)17(20-16(21)24)8-4-5-9-17/h1-10H2,(H,20,24)(H,18,19,22). The monoisotopic (exact) mass is 362 g/mol. The highest BCUT2D eigenvalue weighted by Gasteiger charge is 2.52. The lowest BCUT2D eigenvalue weighted by Crippen LogP contribution is -2.44. The smallest absolute Gasteiger partial charge is 0.323 e. The molecule has 1 aromatic rings. The molecule has 8 heteroatoms. The molecule has 25 heavy (non-hydrogen) atoms. The fourth-order valence-electron chi connectivity index (χ4n) is 4.02. The fraction of sp³-hybridized carbons (Fsp3) is 0.647. The van der Waals surface area contributed by atoms with Crippen molar-refractivity contribution in [3.63, 3.8) is 0 Å². The highest BCUT2D eigenvalue weighted by molar-refractivity contribution is 7.15. The van der Waals surface area contributed by atoms with E-state index in [-0.39, 0.29) is 18.4 Å². The molecule has 2 heterocycles. The second-order valence-electron chi connectivity index (χ2n) is 7.11. The van der Waals surface area contributed by atoms with Crippen molar-refractivity contribution < 1.29 is 14.4 Å². The Hall–Kier alpha value is -1.96. The van der Waals surface area contributed by atoms with Crippen LogP contribution in [-0.4, -0.2) is 39.8 Å². The number of aryl methyl sites for hydroxylation is 2. The number of imide groups is 1. The zero-order valence-electron chi connectivity index (χ0n) is 14.1. The Morgan fingerprint density at radius 2 is 1.92 bits per heavy atom. The normalized spacial score (nSPS) is 22.0. The SMILES string of the molecule is O=C(CN1C(=O)NC2(CCCC2)C1=O)Nc1nc2c(s1)CCCCC2. The van der Waals surface area contributed by atoms with Crippen LogP contribution in [0.1, 0.15) is 55.5 Å². The van der Waals surface area contributed by atoms with Gasteiger partial charge in [-0.15, -0.1) is 11.3 Å². The second-order valence-corrected chi connectivity index (χ2v) is 8.19.